The second-order valence-corrected chi connectivity index (χ2v) is 4.60. The van der Waals surface area contributed by atoms with Crippen molar-refractivity contribution in [3.8, 4) is 0 Å². The van der Waals surface area contributed by atoms with Crippen LogP contribution in [0.15, 0.2) is 0 Å². The predicted molar refractivity (Wildman–Crippen MR) is 59.5 cm³/mol. The number of nitrogens with one attached hydrogen (secondary N) is 1. The summed E-state index contributed by atoms with van der Waals surface area (Å²) in [5.41, 5.74) is -0.654. The summed E-state index contributed by atoms with van der Waals surface area (Å²) in [7, 11) is 0. The molecule has 0 aliphatic heterocycles. The third kappa shape index (κ3) is 7.30. The van der Waals surface area contributed by atoms with E-state index in [1.807, 2.05) is 34.6 Å². The Labute approximate surface area is 87.8 Å². The van der Waals surface area contributed by atoms with Gasteiger partial charge in [0.15, 0.2) is 0 Å². The van der Waals surface area contributed by atoms with Gasteiger partial charge >= 0.3 is 0 Å². The SMILES string of the molecule is CC(C)OCCCNC(C)C(C)(C)O. The van der Waals surface area contributed by atoms with Crippen LogP contribution in [0.1, 0.15) is 41.0 Å². The van der Waals surface area contributed by atoms with Gasteiger partial charge in [-0.3, -0.25) is 0 Å². The zero-order valence-corrected chi connectivity index (χ0v) is 10.1. The zero-order chi connectivity index (χ0) is 11.2. The summed E-state index contributed by atoms with van der Waals surface area (Å²) >= 11 is 0. The van der Waals surface area contributed by atoms with E-state index in [-0.39, 0.29) is 6.04 Å². The maximum Gasteiger partial charge on any atom is 0.0741 e. The highest BCUT2D eigenvalue weighted by Crippen LogP contribution is 2.06. The molecule has 14 heavy (non-hydrogen) atoms. The van der Waals surface area contributed by atoms with Crippen LogP contribution in [0, 0.1) is 0 Å². The first-order valence-corrected chi connectivity index (χ1v) is 5.41. The lowest BCUT2D eigenvalue weighted by Crippen LogP contribution is -2.45. The van der Waals surface area contributed by atoms with Crippen LogP contribution in [0.2, 0.25) is 0 Å². The molecule has 0 aromatic heterocycles. The molecule has 0 aromatic rings. The second kappa shape index (κ2) is 6.38. The Bertz CT molecular complexity index is 141. The van der Waals surface area contributed by atoms with Gasteiger partial charge in [-0.25, -0.2) is 0 Å². The van der Waals surface area contributed by atoms with E-state index in [9.17, 15) is 5.11 Å². The number of hydrogen-bond acceptors (Lipinski definition) is 3. The smallest absolute Gasteiger partial charge is 0.0741 e. The number of aliphatic hydroxyl groups is 1. The molecule has 0 bridgehead atoms. The van der Waals surface area contributed by atoms with Crippen LogP contribution in [-0.2, 0) is 4.74 Å². The van der Waals surface area contributed by atoms with Crippen molar-refractivity contribution in [1.82, 2.24) is 5.32 Å². The molecule has 0 rings (SSSR count). The molecule has 0 heterocycles. The summed E-state index contributed by atoms with van der Waals surface area (Å²) in [5, 5.41) is 12.9. The first-order valence-electron chi connectivity index (χ1n) is 5.41. The Kier molecular flexibility index (Phi) is 6.33. The second-order valence-electron chi connectivity index (χ2n) is 4.60. The minimum Gasteiger partial charge on any atom is -0.389 e. The molecule has 0 radical (unpaired) electrons. The molecule has 0 saturated carbocycles. The lowest BCUT2D eigenvalue weighted by atomic mass is 10.0. The van der Waals surface area contributed by atoms with Crippen LogP contribution in [0.4, 0.5) is 0 Å². The number of rotatable bonds is 7. The Morgan fingerprint density at radius 3 is 2.29 bits per heavy atom. The van der Waals surface area contributed by atoms with E-state index in [0.29, 0.717) is 6.10 Å². The zero-order valence-electron chi connectivity index (χ0n) is 10.1. The molecule has 0 aromatic carbocycles. The fourth-order valence-corrected chi connectivity index (χ4v) is 0.960. The van der Waals surface area contributed by atoms with Crippen LogP contribution in [0.3, 0.4) is 0 Å². The molecule has 0 aliphatic carbocycles. The molecule has 0 saturated heterocycles. The standard InChI is InChI=1S/C11H25NO2/c1-9(2)14-8-6-7-12-10(3)11(4,5)13/h9-10,12-13H,6-8H2,1-5H3. The van der Waals surface area contributed by atoms with Gasteiger partial charge in [0, 0.05) is 12.6 Å². The summed E-state index contributed by atoms with van der Waals surface area (Å²) in [4.78, 5) is 0. The van der Waals surface area contributed by atoms with Crippen LogP contribution in [-0.4, -0.2) is 36.0 Å². The predicted octanol–water partition coefficient (Wildman–Crippen LogP) is 1.55. The average Bonchev–Trinajstić information content (AvgIpc) is 2.01. The van der Waals surface area contributed by atoms with Crippen LogP contribution in [0.25, 0.3) is 0 Å². The highest BCUT2D eigenvalue weighted by Gasteiger charge is 2.20. The third-order valence-electron chi connectivity index (χ3n) is 2.28. The Balaban J connectivity index is 3.37. The summed E-state index contributed by atoms with van der Waals surface area (Å²) in [5.74, 6) is 0. The van der Waals surface area contributed by atoms with Crippen molar-refractivity contribution in [2.24, 2.45) is 0 Å². The summed E-state index contributed by atoms with van der Waals surface area (Å²) in [6, 6.07) is 0.113. The van der Waals surface area contributed by atoms with Crippen molar-refractivity contribution in [2.45, 2.75) is 58.8 Å². The largest absolute Gasteiger partial charge is 0.389 e. The normalized spacial score (nSPS) is 14.8. The van der Waals surface area contributed by atoms with E-state index in [2.05, 4.69) is 5.32 Å². The van der Waals surface area contributed by atoms with E-state index in [0.717, 1.165) is 19.6 Å². The van der Waals surface area contributed by atoms with E-state index in [1.54, 1.807) is 0 Å². The molecule has 0 amide bonds. The topological polar surface area (TPSA) is 41.5 Å². The fourth-order valence-electron chi connectivity index (χ4n) is 0.960. The minimum atomic E-state index is -0.654. The third-order valence-corrected chi connectivity index (χ3v) is 2.28. The Hall–Kier alpha value is -0.120. The summed E-state index contributed by atoms with van der Waals surface area (Å²) in [6.45, 7) is 11.4. The van der Waals surface area contributed by atoms with E-state index in [4.69, 9.17) is 4.74 Å². The van der Waals surface area contributed by atoms with Gasteiger partial charge in [0.05, 0.1) is 11.7 Å². The van der Waals surface area contributed by atoms with Gasteiger partial charge in [0.2, 0.25) is 0 Å². The summed E-state index contributed by atoms with van der Waals surface area (Å²) < 4.78 is 5.41. The van der Waals surface area contributed by atoms with Crippen molar-refractivity contribution in [3.05, 3.63) is 0 Å². The van der Waals surface area contributed by atoms with E-state index < -0.39 is 5.60 Å². The lowest BCUT2D eigenvalue weighted by molar-refractivity contribution is 0.0408. The molecule has 1 unspecified atom stereocenters. The molecule has 86 valence electrons. The first kappa shape index (κ1) is 13.9. The summed E-state index contributed by atoms with van der Waals surface area (Å²) in [6.07, 6.45) is 1.29. The molecule has 0 spiro atoms. The molecule has 0 aliphatic rings. The van der Waals surface area contributed by atoms with Gasteiger partial charge < -0.3 is 15.2 Å². The average molecular weight is 203 g/mol. The molecule has 0 fully saturated rings. The van der Waals surface area contributed by atoms with Crippen LogP contribution < -0.4 is 5.32 Å². The van der Waals surface area contributed by atoms with Gasteiger partial charge in [-0.1, -0.05) is 0 Å². The highest BCUT2D eigenvalue weighted by atomic mass is 16.5. The lowest BCUT2D eigenvalue weighted by Gasteiger charge is -2.26. The highest BCUT2D eigenvalue weighted by molar-refractivity contribution is 4.79. The Morgan fingerprint density at radius 2 is 1.86 bits per heavy atom. The molecule has 1 atom stereocenters. The molecule has 3 heteroatoms. The number of hydrogen-bond donors (Lipinski definition) is 2. The number of ether oxygens (including phenoxy) is 1. The van der Waals surface area contributed by atoms with Crippen molar-refractivity contribution in [2.75, 3.05) is 13.2 Å². The van der Waals surface area contributed by atoms with Gasteiger partial charge in [0.1, 0.15) is 0 Å². The van der Waals surface area contributed by atoms with Gasteiger partial charge in [-0.2, -0.15) is 0 Å². The van der Waals surface area contributed by atoms with Crippen molar-refractivity contribution in [3.63, 3.8) is 0 Å². The monoisotopic (exact) mass is 203 g/mol. The van der Waals surface area contributed by atoms with Crippen LogP contribution in [0.5, 0.6) is 0 Å². The van der Waals surface area contributed by atoms with Crippen LogP contribution >= 0.6 is 0 Å². The minimum absolute atomic E-state index is 0.113. The quantitative estimate of drug-likeness (QED) is 0.617. The van der Waals surface area contributed by atoms with Gasteiger partial charge in [-0.15, -0.1) is 0 Å². The first-order chi connectivity index (χ1) is 6.34. The van der Waals surface area contributed by atoms with Crippen molar-refractivity contribution in [1.29, 1.82) is 0 Å². The van der Waals surface area contributed by atoms with E-state index >= 15 is 0 Å². The van der Waals surface area contributed by atoms with Gasteiger partial charge in [-0.05, 0) is 47.6 Å². The van der Waals surface area contributed by atoms with Crippen molar-refractivity contribution < 1.29 is 9.84 Å². The maximum atomic E-state index is 9.64. The molecule has 2 N–H and O–H groups in total. The van der Waals surface area contributed by atoms with Crippen molar-refractivity contribution >= 4 is 0 Å². The molecular formula is C11H25NO2. The van der Waals surface area contributed by atoms with E-state index in [1.165, 1.54) is 0 Å². The maximum absolute atomic E-state index is 9.64. The molecule has 3 nitrogen and oxygen atoms in total. The molecular weight excluding hydrogens is 178 g/mol. The van der Waals surface area contributed by atoms with Gasteiger partial charge in [0.25, 0.3) is 0 Å². The fraction of sp³-hybridized carbons (Fsp3) is 1.00. The Morgan fingerprint density at radius 1 is 1.29 bits per heavy atom.